The van der Waals surface area contributed by atoms with Crippen LogP contribution in [-0.2, 0) is 19.5 Å². The average Bonchev–Trinajstić information content (AvgIpc) is 2.71. The summed E-state index contributed by atoms with van der Waals surface area (Å²) in [6.45, 7) is 4.27. The Balaban J connectivity index is 1.49. The third-order valence-corrected chi connectivity index (χ3v) is 5.14. The van der Waals surface area contributed by atoms with E-state index in [-0.39, 0.29) is 11.7 Å². The molecule has 2 aromatic carbocycles. The van der Waals surface area contributed by atoms with E-state index >= 15 is 0 Å². The van der Waals surface area contributed by atoms with Crippen LogP contribution in [0.2, 0.25) is 0 Å². The van der Waals surface area contributed by atoms with Crippen LogP contribution in [0, 0.1) is 12.7 Å². The van der Waals surface area contributed by atoms with Crippen molar-refractivity contribution in [1.82, 2.24) is 9.88 Å². The maximum Gasteiger partial charge on any atom is 0.255 e. The van der Waals surface area contributed by atoms with Crippen molar-refractivity contribution in [2.75, 3.05) is 11.9 Å². The van der Waals surface area contributed by atoms with E-state index < -0.39 is 0 Å². The van der Waals surface area contributed by atoms with Crippen molar-refractivity contribution >= 4 is 11.6 Å². The standard InChI is InChI=1S/C23H22FN3O/c1-16-11-18(7-8-21(16)24)23(28)26-22-13-25-12-19-15-27(10-9-20(19)22)14-17-5-3-2-4-6-17/h2-8,11-13H,9-10,14-15H2,1H3,(H,26,28). The molecule has 1 N–H and O–H groups in total. The second kappa shape index (κ2) is 7.90. The van der Waals surface area contributed by atoms with Crippen LogP contribution in [0.25, 0.3) is 0 Å². The largest absolute Gasteiger partial charge is 0.320 e. The highest BCUT2D eigenvalue weighted by atomic mass is 19.1. The first-order valence-electron chi connectivity index (χ1n) is 9.39. The number of benzene rings is 2. The van der Waals surface area contributed by atoms with Crippen LogP contribution in [0.15, 0.2) is 60.9 Å². The molecule has 4 rings (SSSR count). The van der Waals surface area contributed by atoms with Crippen molar-refractivity contribution < 1.29 is 9.18 Å². The number of halogens is 1. The molecule has 0 aliphatic carbocycles. The fraction of sp³-hybridized carbons (Fsp3) is 0.217. The summed E-state index contributed by atoms with van der Waals surface area (Å²) in [5.41, 5.74) is 5.19. The highest BCUT2D eigenvalue weighted by Gasteiger charge is 2.20. The zero-order valence-electron chi connectivity index (χ0n) is 15.8. The highest BCUT2D eigenvalue weighted by molar-refractivity contribution is 6.04. The van der Waals surface area contributed by atoms with Crippen molar-refractivity contribution in [1.29, 1.82) is 0 Å². The van der Waals surface area contributed by atoms with E-state index in [1.165, 1.54) is 17.7 Å². The van der Waals surface area contributed by atoms with E-state index in [9.17, 15) is 9.18 Å². The molecule has 1 amide bonds. The lowest BCUT2D eigenvalue weighted by molar-refractivity contribution is 0.102. The molecule has 3 aromatic rings. The van der Waals surface area contributed by atoms with Gasteiger partial charge < -0.3 is 5.32 Å². The molecule has 0 unspecified atom stereocenters. The number of nitrogens with one attached hydrogen (secondary N) is 1. The van der Waals surface area contributed by atoms with Gasteiger partial charge in [0.1, 0.15) is 5.82 Å². The molecule has 0 saturated heterocycles. The highest BCUT2D eigenvalue weighted by Crippen LogP contribution is 2.26. The van der Waals surface area contributed by atoms with Crippen LogP contribution in [0.4, 0.5) is 10.1 Å². The summed E-state index contributed by atoms with van der Waals surface area (Å²) in [6.07, 6.45) is 4.42. The number of carbonyl (C=O) groups excluding carboxylic acids is 1. The zero-order valence-corrected chi connectivity index (χ0v) is 15.8. The van der Waals surface area contributed by atoms with Gasteiger partial charge in [-0.3, -0.25) is 14.7 Å². The summed E-state index contributed by atoms with van der Waals surface area (Å²) in [7, 11) is 0. The number of fused-ring (bicyclic) bond motifs is 1. The first-order chi connectivity index (χ1) is 13.6. The minimum Gasteiger partial charge on any atom is -0.320 e. The Morgan fingerprint density at radius 2 is 2.00 bits per heavy atom. The molecular formula is C23H22FN3O. The molecule has 0 atom stereocenters. The van der Waals surface area contributed by atoms with Crippen LogP contribution >= 0.6 is 0 Å². The van der Waals surface area contributed by atoms with Crippen molar-refractivity contribution in [3.05, 3.63) is 94.6 Å². The molecule has 0 radical (unpaired) electrons. The van der Waals surface area contributed by atoms with Crippen molar-refractivity contribution in [3.8, 4) is 0 Å². The minimum absolute atomic E-state index is 0.245. The molecule has 28 heavy (non-hydrogen) atoms. The molecule has 1 aromatic heterocycles. The minimum atomic E-state index is -0.311. The first-order valence-corrected chi connectivity index (χ1v) is 9.39. The normalized spacial score (nSPS) is 13.8. The fourth-order valence-electron chi connectivity index (χ4n) is 3.62. The molecule has 0 fully saturated rings. The van der Waals surface area contributed by atoms with Crippen molar-refractivity contribution in [3.63, 3.8) is 0 Å². The predicted molar refractivity (Wildman–Crippen MR) is 108 cm³/mol. The number of carbonyl (C=O) groups is 1. The Bertz CT molecular complexity index is 1000. The number of anilines is 1. The lowest BCUT2D eigenvalue weighted by Gasteiger charge is -2.29. The number of aromatic nitrogens is 1. The van der Waals surface area contributed by atoms with Gasteiger partial charge in [-0.1, -0.05) is 30.3 Å². The van der Waals surface area contributed by atoms with Crippen LogP contribution in [0.3, 0.4) is 0 Å². The monoisotopic (exact) mass is 375 g/mol. The van der Waals surface area contributed by atoms with E-state index in [4.69, 9.17) is 0 Å². The van der Waals surface area contributed by atoms with Gasteiger partial charge in [-0.05, 0) is 53.8 Å². The van der Waals surface area contributed by atoms with Gasteiger partial charge in [-0.2, -0.15) is 0 Å². The maximum atomic E-state index is 13.5. The fourth-order valence-corrected chi connectivity index (χ4v) is 3.62. The Labute approximate surface area is 164 Å². The second-order valence-electron chi connectivity index (χ2n) is 7.19. The number of pyridine rings is 1. The van der Waals surface area contributed by atoms with Crippen LogP contribution < -0.4 is 5.32 Å². The quantitative estimate of drug-likeness (QED) is 0.738. The number of hydrogen-bond acceptors (Lipinski definition) is 3. The summed E-state index contributed by atoms with van der Waals surface area (Å²) < 4.78 is 13.5. The van der Waals surface area contributed by atoms with Crippen LogP contribution in [0.1, 0.15) is 32.6 Å². The van der Waals surface area contributed by atoms with E-state index in [0.717, 1.165) is 42.9 Å². The first kappa shape index (κ1) is 18.3. The third kappa shape index (κ3) is 3.94. The van der Waals surface area contributed by atoms with E-state index in [1.54, 1.807) is 19.2 Å². The SMILES string of the molecule is Cc1cc(C(=O)Nc2cncc3c2CCN(Cc2ccccc2)C3)ccc1F. The molecule has 0 bridgehead atoms. The van der Waals surface area contributed by atoms with Gasteiger partial charge >= 0.3 is 0 Å². The summed E-state index contributed by atoms with van der Waals surface area (Å²) in [5, 5.41) is 2.96. The second-order valence-corrected chi connectivity index (χ2v) is 7.19. The van der Waals surface area contributed by atoms with E-state index in [2.05, 4.69) is 39.5 Å². The summed E-state index contributed by atoms with van der Waals surface area (Å²) >= 11 is 0. The topological polar surface area (TPSA) is 45.2 Å². The number of hydrogen-bond donors (Lipinski definition) is 1. The Kier molecular flexibility index (Phi) is 5.17. The van der Waals surface area contributed by atoms with E-state index in [1.807, 2.05) is 12.3 Å². The lowest BCUT2D eigenvalue weighted by atomic mass is 9.99. The van der Waals surface area contributed by atoms with Gasteiger partial charge in [0.2, 0.25) is 0 Å². The van der Waals surface area contributed by atoms with E-state index in [0.29, 0.717) is 11.1 Å². The number of amides is 1. The molecule has 142 valence electrons. The van der Waals surface area contributed by atoms with Gasteiger partial charge in [0.15, 0.2) is 0 Å². The van der Waals surface area contributed by atoms with Gasteiger partial charge in [0, 0.05) is 31.4 Å². The Morgan fingerprint density at radius 3 is 2.79 bits per heavy atom. The van der Waals surface area contributed by atoms with Crippen LogP contribution in [-0.4, -0.2) is 22.3 Å². The summed E-state index contributed by atoms with van der Waals surface area (Å²) in [4.78, 5) is 19.3. The smallest absolute Gasteiger partial charge is 0.255 e. The number of rotatable bonds is 4. The number of aryl methyl sites for hydroxylation is 1. The third-order valence-electron chi connectivity index (χ3n) is 5.14. The maximum absolute atomic E-state index is 13.5. The molecule has 0 saturated carbocycles. The van der Waals surface area contributed by atoms with Crippen molar-refractivity contribution in [2.45, 2.75) is 26.4 Å². The van der Waals surface area contributed by atoms with Crippen LogP contribution in [0.5, 0.6) is 0 Å². The predicted octanol–water partition coefficient (Wildman–Crippen LogP) is 4.34. The molecule has 1 aliphatic rings. The summed E-state index contributed by atoms with van der Waals surface area (Å²) in [5.74, 6) is -0.557. The molecule has 1 aliphatic heterocycles. The lowest BCUT2D eigenvalue weighted by Crippen LogP contribution is -2.31. The molecule has 2 heterocycles. The van der Waals surface area contributed by atoms with Gasteiger partial charge in [0.05, 0.1) is 11.9 Å². The van der Waals surface area contributed by atoms with Gasteiger partial charge in [-0.15, -0.1) is 0 Å². The summed E-state index contributed by atoms with van der Waals surface area (Å²) in [6, 6.07) is 14.8. The Morgan fingerprint density at radius 1 is 1.18 bits per heavy atom. The average molecular weight is 375 g/mol. The van der Waals surface area contributed by atoms with Gasteiger partial charge in [0.25, 0.3) is 5.91 Å². The molecule has 4 nitrogen and oxygen atoms in total. The Hall–Kier alpha value is -3.05. The molecule has 0 spiro atoms. The molecule has 5 heteroatoms. The number of nitrogens with zero attached hydrogens (tertiary/aromatic N) is 2. The van der Waals surface area contributed by atoms with Crippen molar-refractivity contribution in [2.24, 2.45) is 0 Å². The molecular weight excluding hydrogens is 353 g/mol. The van der Waals surface area contributed by atoms with Gasteiger partial charge in [-0.25, -0.2) is 4.39 Å². The zero-order chi connectivity index (χ0) is 19.5.